The van der Waals surface area contributed by atoms with Crippen molar-refractivity contribution < 1.29 is 19.2 Å². The van der Waals surface area contributed by atoms with Gasteiger partial charge in [0.1, 0.15) is 12.1 Å². The van der Waals surface area contributed by atoms with E-state index in [9.17, 15) is 19.2 Å². The summed E-state index contributed by atoms with van der Waals surface area (Å²) in [5, 5.41) is 2.79. The number of carbonyl (C=O) groups excluding carboxylic acids is 4. The van der Waals surface area contributed by atoms with Crippen LogP contribution in [0, 0.1) is 5.92 Å². The lowest BCUT2D eigenvalue weighted by Gasteiger charge is -2.40. The number of nitrogens with two attached hydrogens (primary N) is 1. The normalized spacial score (nSPS) is 19.9. The largest absolute Gasteiger partial charge is 0.378 e. The van der Waals surface area contributed by atoms with E-state index in [0.717, 1.165) is 31.4 Å². The second kappa shape index (κ2) is 11.4. The summed E-state index contributed by atoms with van der Waals surface area (Å²) in [6.07, 6.45) is 6.00. The van der Waals surface area contributed by atoms with Crippen molar-refractivity contribution >= 4 is 29.3 Å². The van der Waals surface area contributed by atoms with Gasteiger partial charge in [0, 0.05) is 45.4 Å². The number of piperazine rings is 1. The maximum absolute atomic E-state index is 13.2. The molecule has 0 aromatic heterocycles. The fourth-order valence-electron chi connectivity index (χ4n) is 4.92. The minimum atomic E-state index is -0.871. The van der Waals surface area contributed by atoms with E-state index >= 15 is 0 Å². The van der Waals surface area contributed by atoms with Gasteiger partial charge in [0.05, 0.1) is 6.54 Å². The van der Waals surface area contributed by atoms with Crippen LogP contribution in [-0.4, -0.2) is 79.2 Å². The molecule has 1 aromatic rings. The second-order valence-corrected chi connectivity index (χ2v) is 9.62. The van der Waals surface area contributed by atoms with E-state index in [-0.39, 0.29) is 24.9 Å². The van der Waals surface area contributed by atoms with Crippen molar-refractivity contribution in [1.29, 1.82) is 0 Å². The molecular formula is C25H37N5O4. The maximum atomic E-state index is 13.2. The van der Waals surface area contributed by atoms with Gasteiger partial charge in [-0.1, -0.05) is 32.1 Å². The zero-order valence-corrected chi connectivity index (χ0v) is 20.5. The Labute approximate surface area is 201 Å². The molecule has 1 saturated carbocycles. The highest BCUT2D eigenvalue weighted by Gasteiger charge is 2.37. The Morgan fingerprint density at radius 1 is 1.06 bits per heavy atom. The number of primary amides is 1. The van der Waals surface area contributed by atoms with Crippen LogP contribution < -0.4 is 16.0 Å². The van der Waals surface area contributed by atoms with Crippen LogP contribution in [0.15, 0.2) is 24.3 Å². The summed E-state index contributed by atoms with van der Waals surface area (Å²) in [5.74, 6) is -1.11. The van der Waals surface area contributed by atoms with Gasteiger partial charge in [-0.05, 0) is 36.6 Å². The van der Waals surface area contributed by atoms with Gasteiger partial charge in [-0.25, -0.2) is 0 Å². The molecule has 2 aliphatic rings. The molecule has 1 aliphatic heterocycles. The smallest absolute Gasteiger partial charge is 0.254 e. The lowest BCUT2D eigenvalue weighted by molar-refractivity contribution is -0.142. The predicted octanol–water partition coefficient (Wildman–Crippen LogP) is 1.37. The van der Waals surface area contributed by atoms with E-state index in [1.54, 1.807) is 17.0 Å². The number of carbonyl (C=O) groups is 4. The number of nitrogens with one attached hydrogen (secondary N) is 1. The zero-order valence-electron chi connectivity index (χ0n) is 20.5. The van der Waals surface area contributed by atoms with E-state index in [1.165, 1.54) is 18.2 Å². The van der Waals surface area contributed by atoms with Gasteiger partial charge in [-0.2, -0.15) is 0 Å². The van der Waals surface area contributed by atoms with Crippen LogP contribution in [0.1, 0.15) is 55.8 Å². The van der Waals surface area contributed by atoms with Crippen LogP contribution in [-0.2, 0) is 14.4 Å². The Morgan fingerprint density at radius 3 is 2.26 bits per heavy atom. The molecule has 2 fully saturated rings. The topological polar surface area (TPSA) is 116 Å². The molecule has 0 radical (unpaired) electrons. The van der Waals surface area contributed by atoms with Crippen molar-refractivity contribution in [1.82, 2.24) is 15.1 Å². The van der Waals surface area contributed by atoms with Crippen LogP contribution in [0.5, 0.6) is 0 Å². The Morgan fingerprint density at radius 2 is 1.71 bits per heavy atom. The highest BCUT2D eigenvalue weighted by atomic mass is 16.2. The molecule has 0 bridgehead atoms. The molecular weight excluding hydrogens is 434 g/mol. The molecule has 3 rings (SSSR count). The monoisotopic (exact) mass is 471 g/mol. The Kier molecular flexibility index (Phi) is 8.52. The number of benzene rings is 1. The summed E-state index contributed by atoms with van der Waals surface area (Å²) in [6, 6.07) is 5.60. The Balaban J connectivity index is 1.71. The molecule has 186 valence electrons. The summed E-state index contributed by atoms with van der Waals surface area (Å²) < 4.78 is 0. The van der Waals surface area contributed by atoms with Gasteiger partial charge < -0.3 is 25.8 Å². The van der Waals surface area contributed by atoms with Crippen LogP contribution in [0.4, 0.5) is 5.69 Å². The summed E-state index contributed by atoms with van der Waals surface area (Å²) in [5.41, 5.74) is 7.11. The van der Waals surface area contributed by atoms with E-state index < -0.39 is 23.9 Å². The highest BCUT2D eigenvalue weighted by molar-refractivity contribution is 5.96. The molecule has 1 saturated heterocycles. The molecule has 2 atom stereocenters. The first kappa shape index (κ1) is 25.5. The van der Waals surface area contributed by atoms with Crippen molar-refractivity contribution in [3.05, 3.63) is 29.8 Å². The van der Waals surface area contributed by atoms with Gasteiger partial charge in [0.25, 0.3) is 5.91 Å². The Hall–Kier alpha value is -3.10. The molecule has 2 unspecified atom stereocenters. The first-order valence-electron chi connectivity index (χ1n) is 12.1. The molecule has 1 aromatic carbocycles. The van der Waals surface area contributed by atoms with Crippen molar-refractivity contribution in [2.24, 2.45) is 11.7 Å². The Bertz CT molecular complexity index is 895. The summed E-state index contributed by atoms with van der Waals surface area (Å²) in [6.45, 7) is 2.05. The second-order valence-electron chi connectivity index (χ2n) is 9.62. The molecule has 34 heavy (non-hydrogen) atoms. The average molecular weight is 472 g/mol. The van der Waals surface area contributed by atoms with Crippen LogP contribution >= 0.6 is 0 Å². The number of hydrogen-bond acceptors (Lipinski definition) is 5. The third-order valence-electron chi connectivity index (χ3n) is 6.96. The number of anilines is 1. The van der Waals surface area contributed by atoms with Crippen molar-refractivity contribution in [2.75, 3.05) is 38.6 Å². The number of rotatable bonds is 7. The molecule has 0 spiro atoms. The molecule has 1 aliphatic carbocycles. The van der Waals surface area contributed by atoms with Gasteiger partial charge in [0.2, 0.25) is 17.7 Å². The predicted molar refractivity (Wildman–Crippen MR) is 130 cm³/mol. The standard InChI is InChI=1S/C25H37N5O4/c1-17(31)30-14-13-29(25(34)19-9-11-20(12-10-19)28(2)3)16-22(30)24(33)27-21(23(26)32)15-18-7-5-4-6-8-18/h9-12,18,21-22H,4-8,13-16H2,1-3H3,(H2,26,32)(H,27,33). The highest BCUT2D eigenvalue weighted by Crippen LogP contribution is 2.27. The van der Waals surface area contributed by atoms with Crippen molar-refractivity contribution in [2.45, 2.75) is 57.5 Å². The van der Waals surface area contributed by atoms with Gasteiger partial charge >= 0.3 is 0 Å². The minimum Gasteiger partial charge on any atom is -0.378 e. The number of amides is 4. The summed E-state index contributed by atoms with van der Waals surface area (Å²) in [7, 11) is 3.85. The first-order valence-corrected chi connectivity index (χ1v) is 12.1. The number of hydrogen-bond donors (Lipinski definition) is 2. The zero-order chi connectivity index (χ0) is 24.8. The lowest BCUT2D eigenvalue weighted by atomic mass is 9.84. The summed E-state index contributed by atoms with van der Waals surface area (Å²) in [4.78, 5) is 55.7. The van der Waals surface area contributed by atoms with Crippen molar-refractivity contribution in [3.63, 3.8) is 0 Å². The van der Waals surface area contributed by atoms with Crippen LogP contribution in [0.25, 0.3) is 0 Å². The van der Waals surface area contributed by atoms with Gasteiger partial charge in [-0.3, -0.25) is 19.2 Å². The summed E-state index contributed by atoms with van der Waals surface area (Å²) >= 11 is 0. The van der Waals surface area contributed by atoms with E-state index in [4.69, 9.17) is 5.73 Å². The van der Waals surface area contributed by atoms with Gasteiger partial charge in [-0.15, -0.1) is 0 Å². The minimum absolute atomic E-state index is 0.0641. The molecule has 3 N–H and O–H groups in total. The van der Waals surface area contributed by atoms with Crippen molar-refractivity contribution in [3.8, 4) is 0 Å². The number of nitrogens with zero attached hydrogens (tertiary/aromatic N) is 3. The quantitative estimate of drug-likeness (QED) is 0.623. The SMILES string of the molecule is CC(=O)N1CCN(C(=O)c2ccc(N(C)C)cc2)CC1C(=O)NC(CC1CCCCC1)C(N)=O. The maximum Gasteiger partial charge on any atom is 0.254 e. The fraction of sp³-hybridized carbons (Fsp3) is 0.600. The van der Waals surface area contributed by atoms with E-state index in [0.29, 0.717) is 24.4 Å². The van der Waals surface area contributed by atoms with Crippen LogP contribution in [0.2, 0.25) is 0 Å². The third-order valence-corrected chi connectivity index (χ3v) is 6.96. The lowest BCUT2D eigenvalue weighted by Crippen LogP contribution is -2.62. The average Bonchev–Trinajstić information content (AvgIpc) is 2.83. The molecule has 1 heterocycles. The van der Waals surface area contributed by atoms with E-state index in [1.807, 2.05) is 31.1 Å². The first-order chi connectivity index (χ1) is 16.2. The van der Waals surface area contributed by atoms with Crippen LogP contribution in [0.3, 0.4) is 0 Å². The fourth-order valence-corrected chi connectivity index (χ4v) is 4.92. The molecule has 4 amide bonds. The molecule has 9 heteroatoms. The van der Waals surface area contributed by atoms with Gasteiger partial charge in [0.15, 0.2) is 0 Å². The third kappa shape index (κ3) is 6.27. The van der Waals surface area contributed by atoms with E-state index in [2.05, 4.69) is 5.32 Å². The molecule has 9 nitrogen and oxygen atoms in total.